The van der Waals surface area contributed by atoms with Gasteiger partial charge >= 0.3 is 6.18 Å². The highest BCUT2D eigenvalue weighted by atomic mass is 19.4. The fraction of sp³-hybridized carbons (Fsp3) is 0.222. The molecule has 0 heterocycles. The number of hydrogen-bond donors (Lipinski definition) is 0. The molecule has 0 saturated carbocycles. The lowest BCUT2D eigenvalue weighted by Crippen LogP contribution is -2.30. The number of hydrogen-bond acceptors (Lipinski definition) is 2. The molecule has 120 valence electrons. The van der Waals surface area contributed by atoms with Crippen molar-refractivity contribution in [3.63, 3.8) is 0 Å². The molecule has 5 heteroatoms. The first kappa shape index (κ1) is 15.8. The number of rotatable bonds is 3. The Morgan fingerprint density at radius 1 is 0.870 bits per heavy atom. The van der Waals surface area contributed by atoms with Crippen LogP contribution in [0.1, 0.15) is 22.3 Å². The van der Waals surface area contributed by atoms with E-state index in [9.17, 15) is 13.2 Å². The van der Waals surface area contributed by atoms with Crippen LogP contribution in [0.3, 0.4) is 0 Å². The smallest absolute Gasteiger partial charge is 0.346 e. The van der Waals surface area contributed by atoms with Gasteiger partial charge in [0.15, 0.2) is 0 Å². The van der Waals surface area contributed by atoms with Crippen molar-refractivity contribution in [2.24, 2.45) is 0 Å². The van der Waals surface area contributed by atoms with Crippen LogP contribution in [0.5, 0.6) is 0 Å². The fourth-order valence-electron chi connectivity index (χ4n) is 2.95. The number of ether oxygens (including phenoxy) is 2. The van der Waals surface area contributed by atoms with Crippen LogP contribution in [0, 0.1) is 0 Å². The van der Waals surface area contributed by atoms with Gasteiger partial charge in [0.05, 0.1) is 5.56 Å². The summed E-state index contributed by atoms with van der Waals surface area (Å²) < 4.78 is 49.4. The summed E-state index contributed by atoms with van der Waals surface area (Å²) in [4.78, 5) is 0. The maximum absolute atomic E-state index is 12.7. The molecule has 0 unspecified atom stereocenters. The van der Waals surface area contributed by atoms with Gasteiger partial charge in [-0.2, -0.15) is 13.2 Å². The molecule has 0 aliphatic heterocycles. The SMILES string of the molecule is COC1(OC)C(c2ccc(C(F)(F)F)cc2)=Cc2ccccc21. The molecule has 0 amide bonds. The van der Waals surface area contributed by atoms with E-state index in [1.54, 1.807) is 0 Å². The van der Waals surface area contributed by atoms with Gasteiger partial charge in [-0.25, -0.2) is 0 Å². The van der Waals surface area contributed by atoms with Crippen molar-refractivity contribution in [3.05, 3.63) is 70.8 Å². The van der Waals surface area contributed by atoms with Gasteiger partial charge in [-0.1, -0.05) is 36.4 Å². The minimum atomic E-state index is -4.36. The van der Waals surface area contributed by atoms with Crippen molar-refractivity contribution in [2.75, 3.05) is 14.2 Å². The molecular weight excluding hydrogens is 305 g/mol. The van der Waals surface area contributed by atoms with Crippen LogP contribution in [0.15, 0.2) is 48.5 Å². The maximum Gasteiger partial charge on any atom is 0.416 e. The Labute approximate surface area is 132 Å². The maximum atomic E-state index is 12.7. The lowest BCUT2D eigenvalue weighted by atomic mass is 9.96. The van der Waals surface area contributed by atoms with E-state index in [2.05, 4.69) is 0 Å². The molecule has 0 bridgehead atoms. The van der Waals surface area contributed by atoms with Crippen molar-refractivity contribution in [2.45, 2.75) is 12.0 Å². The van der Waals surface area contributed by atoms with E-state index in [0.29, 0.717) is 11.1 Å². The third kappa shape index (κ3) is 2.46. The molecule has 2 nitrogen and oxygen atoms in total. The standard InChI is InChI=1S/C18H15F3O2/c1-22-17(23-2)15-6-4-3-5-13(15)11-16(17)12-7-9-14(10-8-12)18(19,20)21/h3-11H,1-2H3. The Balaban J connectivity index is 2.09. The summed E-state index contributed by atoms with van der Waals surface area (Å²) in [5.41, 5.74) is 2.37. The van der Waals surface area contributed by atoms with Gasteiger partial charge in [0.2, 0.25) is 5.79 Å². The minimum absolute atomic E-state index is 0.623. The molecule has 3 rings (SSSR count). The van der Waals surface area contributed by atoms with Gasteiger partial charge in [0.1, 0.15) is 0 Å². The molecule has 0 radical (unpaired) electrons. The van der Waals surface area contributed by atoms with Crippen LogP contribution < -0.4 is 0 Å². The zero-order valence-corrected chi connectivity index (χ0v) is 12.6. The summed E-state index contributed by atoms with van der Waals surface area (Å²) in [7, 11) is 3.03. The van der Waals surface area contributed by atoms with E-state index in [1.165, 1.54) is 26.4 Å². The van der Waals surface area contributed by atoms with Crippen LogP contribution in [0.2, 0.25) is 0 Å². The molecule has 1 aliphatic carbocycles. The summed E-state index contributed by atoms with van der Waals surface area (Å²) in [5.74, 6) is -1.11. The average Bonchev–Trinajstić information content (AvgIpc) is 2.89. The molecule has 0 fully saturated rings. The second kappa shape index (κ2) is 5.51. The quantitative estimate of drug-likeness (QED) is 0.763. The van der Waals surface area contributed by atoms with Gasteiger partial charge in [0.25, 0.3) is 0 Å². The van der Waals surface area contributed by atoms with Crippen LogP contribution in [-0.4, -0.2) is 14.2 Å². The molecule has 23 heavy (non-hydrogen) atoms. The summed E-state index contributed by atoms with van der Waals surface area (Å²) in [6, 6.07) is 12.6. The number of benzene rings is 2. The Hall–Kier alpha value is -2.11. The summed E-state index contributed by atoms with van der Waals surface area (Å²) in [6.45, 7) is 0. The van der Waals surface area contributed by atoms with Crippen molar-refractivity contribution >= 4 is 11.6 Å². The highest BCUT2D eigenvalue weighted by molar-refractivity contribution is 5.92. The molecule has 2 aromatic carbocycles. The van der Waals surface area contributed by atoms with E-state index in [-0.39, 0.29) is 0 Å². The Morgan fingerprint density at radius 3 is 2.04 bits per heavy atom. The number of alkyl halides is 3. The molecule has 0 aromatic heterocycles. The predicted octanol–water partition coefficient (Wildman–Crippen LogP) is 4.71. The molecular formula is C18H15F3O2. The molecule has 0 N–H and O–H groups in total. The van der Waals surface area contributed by atoms with E-state index >= 15 is 0 Å². The number of methoxy groups -OCH3 is 2. The van der Waals surface area contributed by atoms with Gasteiger partial charge in [0, 0.05) is 25.4 Å². The third-order valence-electron chi connectivity index (χ3n) is 4.07. The lowest BCUT2D eigenvalue weighted by molar-refractivity contribution is -0.167. The van der Waals surface area contributed by atoms with Gasteiger partial charge in [-0.05, 0) is 29.3 Å². The molecule has 1 aliphatic rings. The second-order valence-electron chi connectivity index (χ2n) is 5.25. The summed E-state index contributed by atoms with van der Waals surface area (Å²) in [5, 5.41) is 0. The molecule has 0 spiro atoms. The average molecular weight is 320 g/mol. The van der Waals surface area contributed by atoms with Crippen molar-refractivity contribution < 1.29 is 22.6 Å². The minimum Gasteiger partial charge on any atom is -0.346 e. The van der Waals surface area contributed by atoms with E-state index in [4.69, 9.17) is 9.47 Å². The monoisotopic (exact) mass is 320 g/mol. The fourth-order valence-corrected chi connectivity index (χ4v) is 2.95. The van der Waals surface area contributed by atoms with Gasteiger partial charge in [-0.15, -0.1) is 0 Å². The Kier molecular flexibility index (Phi) is 3.78. The van der Waals surface area contributed by atoms with E-state index in [1.807, 2.05) is 30.3 Å². The zero-order valence-electron chi connectivity index (χ0n) is 12.6. The Bertz CT molecular complexity index is 742. The first-order chi connectivity index (χ1) is 10.9. The number of fused-ring (bicyclic) bond motifs is 1. The van der Waals surface area contributed by atoms with E-state index < -0.39 is 17.5 Å². The highest BCUT2D eigenvalue weighted by Gasteiger charge is 2.43. The van der Waals surface area contributed by atoms with Crippen molar-refractivity contribution in [3.8, 4) is 0 Å². The highest BCUT2D eigenvalue weighted by Crippen LogP contribution is 2.48. The first-order valence-corrected chi connectivity index (χ1v) is 7.02. The van der Waals surface area contributed by atoms with Gasteiger partial charge < -0.3 is 9.47 Å². The predicted molar refractivity (Wildman–Crippen MR) is 81.5 cm³/mol. The van der Waals surface area contributed by atoms with E-state index in [0.717, 1.165) is 23.3 Å². The summed E-state index contributed by atoms with van der Waals surface area (Å²) in [6.07, 6.45) is -2.48. The van der Waals surface area contributed by atoms with Crippen LogP contribution in [-0.2, 0) is 21.4 Å². The first-order valence-electron chi connectivity index (χ1n) is 7.02. The Morgan fingerprint density at radius 2 is 1.48 bits per heavy atom. The molecule has 0 saturated heterocycles. The third-order valence-corrected chi connectivity index (χ3v) is 4.07. The molecule has 0 atom stereocenters. The van der Waals surface area contributed by atoms with Crippen molar-refractivity contribution in [1.29, 1.82) is 0 Å². The lowest BCUT2D eigenvalue weighted by Gasteiger charge is -2.31. The van der Waals surface area contributed by atoms with Crippen LogP contribution in [0.4, 0.5) is 13.2 Å². The second-order valence-corrected chi connectivity index (χ2v) is 5.25. The normalized spacial score (nSPS) is 16.1. The number of halogens is 3. The topological polar surface area (TPSA) is 18.5 Å². The largest absolute Gasteiger partial charge is 0.416 e. The molecule has 2 aromatic rings. The van der Waals surface area contributed by atoms with Crippen LogP contribution >= 0.6 is 0 Å². The zero-order chi connectivity index (χ0) is 16.7. The van der Waals surface area contributed by atoms with Crippen molar-refractivity contribution in [1.82, 2.24) is 0 Å². The van der Waals surface area contributed by atoms with Crippen LogP contribution in [0.25, 0.3) is 11.6 Å². The summed E-state index contributed by atoms with van der Waals surface area (Å²) >= 11 is 0. The van der Waals surface area contributed by atoms with Gasteiger partial charge in [-0.3, -0.25) is 0 Å².